The summed E-state index contributed by atoms with van der Waals surface area (Å²) in [6.07, 6.45) is 4.65. The number of carbonyl (C=O) groups excluding carboxylic acids is 1. The standard InChI is InChI=1S/C10H16N2O/c1-2-3-10(13)12-7-6-11-5-4-9(12)8-11/h2-3,9H,4-8H2,1H3/b3-2+. The van der Waals surface area contributed by atoms with Gasteiger partial charge >= 0.3 is 0 Å². The van der Waals surface area contributed by atoms with Crippen molar-refractivity contribution in [1.29, 1.82) is 0 Å². The van der Waals surface area contributed by atoms with Crippen molar-refractivity contribution >= 4 is 5.91 Å². The van der Waals surface area contributed by atoms with Crippen molar-refractivity contribution in [3.63, 3.8) is 0 Å². The Morgan fingerprint density at radius 2 is 2.23 bits per heavy atom. The average molecular weight is 180 g/mol. The molecule has 13 heavy (non-hydrogen) atoms. The first-order valence-electron chi connectivity index (χ1n) is 4.97. The molecule has 0 spiro atoms. The Labute approximate surface area is 79.0 Å². The second kappa shape index (κ2) is 3.50. The minimum atomic E-state index is 0.189. The van der Waals surface area contributed by atoms with Crippen LogP contribution in [-0.2, 0) is 4.79 Å². The number of hydrogen-bond acceptors (Lipinski definition) is 2. The molecule has 2 aliphatic heterocycles. The van der Waals surface area contributed by atoms with Gasteiger partial charge in [-0.1, -0.05) is 6.08 Å². The highest BCUT2D eigenvalue weighted by molar-refractivity contribution is 5.87. The van der Waals surface area contributed by atoms with Gasteiger partial charge in [0.25, 0.3) is 0 Å². The predicted octanol–water partition coefficient (Wildman–Crippen LogP) is 0.479. The SMILES string of the molecule is C/C=C/C(=O)N1CCN2CCC1C2. The highest BCUT2D eigenvalue weighted by Gasteiger charge is 2.33. The van der Waals surface area contributed by atoms with Crippen LogP contribution in [0.4, 0.5) is 0 Å². The summed E-state index contributed by atoms with van der Waals surface area (Å²) in [5.41, 5.74) is 0. The van der Waals surface area contributed by atoms with Crippen molar-refractivity contribution in [2.75, 3.05) is 26.2 Å². The molecule has 2 atom stereocenters. The molecule has 0 saturated carbocycles. The van der Waals surface area contributed by atoms with Crippen molar-refractivity contribution in [3.05, 3.63) is 12.2 Å². The van der Waals surface area contributed by atoms with E-state index in [-0.39, 0.29) is 5.91 Å². The van der Waals surface area contributed by atoms with Crippen molar-refractivity contribution < 1.29 is 4.79 Å². The van der Waals surface area contributed by atoms with Crippen LogP contribution in [0.1, 0.15) is 13.3 Å². The number of carbonyl (C=O) groups is 1. The molecule has 0 radical (unpaired) electrons. The first kappa shape index (κ1) is 8.75. The minimum absolute atomic E-state index is 0.189. The number of amides is 1. The Hall–Kier alpha value is -0.830. The Morgan fingerprint density at radius 3 is 3.00 bits per heavy atom. The molecule has 0 aliphatic carbocycles. The lowest BCUT2D eigenvalue weighted by Crippen LogP contribution is -2.48. The number of fused-ring (bicyclic) bond motifs is 2. The number of rotatable bonds is 1. The second-order valence-electron chi connectivity index (χ2n) is 3.77. The normalized spacial score (nSPS) is 32.8. The fourth-order valence-corrected chi connectivity index (χ4v) is 2.23. The van der Waals surface area contributed by atoms with Gasteiger partial charge in [0.2, 0.25) is 5.91 Å². The minimum Gasteiger partial charge on any atom is -0.334 e. The fraction of sp³-hybridized carbons (Fsp3) is 0.700. The largest absolute Gasteiger partial charge is 0.334 e. The summed E-state index contributed by atoms with van der Waals surface area (Å²) < 4.78 is 0. The van der Waals surface area contributed by atoms with E-state index in [4.69, 9.17) is 0 Å². The molecule has 2 saturated heterocycles. The van der Waals surface area contributed by atoms with E-state index < -0.39 is 0 Å². The number of hydrogen-bond donors (Lipinski definition) is 0. The summed E-state index contributed by atoms with van der Waals surface area (Å²) >= 11 is 0. The molecule has 0 aromatic carbocycles. The van der Waals surface area contributed by atoms with Gasteiger partial charge in [0.1, 0.15) is 0 Å². The lowest BCUT2D eigenvalue weighted by Gasteiger charge is -2.33. The fourth-order valence-electron chi connectivity index (χ4n) is 2.23. The number of allylic oxidation sites excluding steroid dienone is 1. The van der Waals surface area contributed by atoms with E-state index in [0.29, 0.717) is 6.04 Å². The van der Waals surface area contributed by atoms with Gasteiger partial charge < -0.3 is 4.90 Å². The zero-order valence-electron chi connectivity index (χ0n) is 8.07. The van der Waals surface area contributed by atoms with Crippen LogP contribution in [0.2, 0.25) is 0 Å². The van der Waals surface area contributed by atoms with Crippen LogP contribution in [0, 0.1) is 0 Å². The summed E-state index contributed by atoms with van der Waals surface area (Å²) in [5.74, 6) is 0.189. The molecule has 2 heterocycles. The van der Waals surface area contributed by atoms with E-state index in [2.05, 4.69) is 4.90 Å². The molecule has 72 valence electrons. The molecule has 2 rings (SSSR count). The van der Waals surface area contributed by atoms with E-state index >= 15 is 0 Å². The molecule has 0 aromatic rings. The number of piperazine rings is 1. The lowest BCUT2D eigenvalue weighted by atomic mass is 10.2. The third kappa shape index (κ3) is 1.61. The van der Waals surface area contributed by atoms with Crippen LogP contribution in [-0.4, -0.2) is 47.9 Å². The van der Waals surface area contributed by atoms with Gasteiger partial charge in [-0.2, -0.15) is 0 Å². The summed E-state index contributed by atoms with van der Waals surface area (Å²) in [4.78, 5) is 16.1. The van der Waals surface area contributed by atoms with Gasteiger partial charge in [-0.3, -0.25) is 9.69 Å². The van der Waals surface area contributed by atoms with Gasteiger partial charge in [-0.15, -0.1) is 0 Å². The van der Waals surface area contributed by atoms with Gasteiger partial charge in [0.15, 0.2) is 0 Å². The quantitative estimate of drug-likeness (QED) is 0.548. The van der Waals surface area contributed by atoms with Gasteiger partial charge in [0.05, 0.1) is 0 Å². The molecule has 2 bridgehead atoms. The molecule has 0 aromatic heterocycles. The van der Waals surface area contributed by atoms with E-state index in [1.54, 1.807) is 6.08 Å². The predicted molar refractivity (Wildman–Crippen MR) is 51.4 cm³/mol. The Morgan fingerprint density at radius 1 is 1.38 bits per heavy atom. The molecule has 3 heteroatoms. The lowest BCUT2D eigenvalue weighted by molar-refractivity contribution is -0.129. The molecular formula is C10H16N2O. The zero-order chi connectivity index (χ0) is 9.26. The molecule has 2 unspecified atom stereocenters. The third-order valence-electron chi connectivity index (χ3n) is 2.94. The van der Waals surface area contributed by atoms with Crippen LogP contribution in [0.5, 0.6) is 0 Å². The first-order chi connectivity index (χ1) is 6.31. The Bertz CT molecular complexity index is 237. The van der Waals surface area contributed by atoms with E-state index in [9.17, 15) is 4.79 Å². The summed E-state index contributed by atoms with van der Waals surface area (Å²) in [7, 11) is 0. The van der Waals surface area contributed by atoms with Crippen LogP contribution in [0.15, 0.2) is 12.2 Å². The smallest absolute Gasteiger partial charge is 0.246 e. The summed E-state index contributed by atoms with van der Waals surface area (Å²) in [6, 6.07) is 0.484. The van der Waals surface area contributed by atoms with Crippen LogP contribution in [0.25, 0.3) is 0 Å². The molecule has 2 fully saturated rings. The van der Waals surface area contributed by atoms with Gasteiger partial charge in [0, 0.05) is 32.2 Å². The zero-order valence-corrected chi connectivity index (χ0v) is 8.07. The van der Waals surface area contributed by atoms with E-state index in [0.717, 1.165) is 26.1 Å². The average Bonchev–Trinajstić information content (AvgIpc) is 2.48. The van der Waals surface area contributed by atoms with Crippen LogP contribution < -0.4 is 0 Å². The summed E-state index contributed by atoms with van der Waals surface area (Å²) in [6.45, 7) is 6.12. The monoisotopic (exact) mass is 180 g/mol. The maximum atomic E-state index is 11.6. The molecule has 2 aliphatic rings. The second-order valence-corrected chi connectivity index (χ2v) is 3.77. The van der Waals surface area contributed by atoms with E-state index in [1.807, 2.05) is 17.9 Å². The van der Waals surface area contributed by atoms with Gasteiger partial charge in [-0.05, 0) is 19.4 Å². The van der Waals surface area contributed by atoms with Crippen molar-refractivity contribution in [3.8, 4) is 0 Å². The molecule has 1 amide bonds. The first-order valence-corrected chi connectivity index (χ1v) is 4.97. The topological polar surface area (TPSA) is 23.6 Å². The third-order valence-corrected chi connectivity index (χ3v) is 2.94. The highest BCUT2D eigenvalue weighted by Crippen LogP contribution is 2.20. The van der Waals surface area contributed by atoms with Crippen molar-refractivity contribution in [1.82, 2.24) is 9.80 Å². The van der Waals surface area contributed by atoms with Crippen molar-refractivity contribution in [2.45, 2.75) is 19.4 Å². The highest BCUT2D eigenvalue weighted by atomic mass is 16.2. The van der Waals surface area contributed by atoms with Gasteiger partial charge in [-0.25, -0.2) is 0 Å². The molecule has 0 N–H and O–H groups in total. The number of nitrogens with zero attached hydrogens (tertiary/aromatic N) is 2. The van der Waals surface area contributed by atoms with Crippen LogP contribution >= 0.6 is 0 Å². The summed E-state index contributed by atoms with van der Waals surface area (Å²) in [5, 5.41) is 0. The molecular weight excluding hydrogens is 164 g/mol. The maximum Gasteiger partial charge on any atom is 0.246 e. The maximum absolute atomic E-state index is 11.6. The Kier molecular flexibility index (Phi) is 2.36. The van der Waals surface area contributed by atoms with Crippen molar-refractivity contribution in [2.24, 2.45) is 0 Å². The Balaban J connectivity index is 2.03. The molecule has 3 nitrogen and oxygen atoms in total. The van der Waals surface area contributed by atoms with E-state index in [1.165, 1.54) is 6.54 Å². The van der Waals surface area contributed by atoms with Crippen LogP contribution in [0.3, 0.4) is 0 Å².